The lowest BCUT2D eigenvalue weighted by Gasteiger charge is -2.11. The summed E-state index contributed by atoms with van der Waals surface area (Å²) in [5, 5.41) is 2.82. The fraction of sp³-hybridized carbons (Fsp3) is 0.167. The Labute approximate surface area is 103 Å². The standard InChI is InChI=1S/C12H11F2N3O/c1-15-12-11(18-2)10(16-6-17-12)7-3-8(13)5-9(14)4-7/h3-6H,1-2H3,(H,15,16,17). The minimum atomic E-state index is -0.670. The van der Waals surface area contributed by atoms with Gasteiger partial charge in [-0.2, -0.15) is 0 Å². The van der Waals surface area contributed by atoms with Crippen LogP contribution in [-0.4, -0.2) is 24.1 Å². The maximum atomic E-state index is 13.2. The molecule has 1 heterocycles. The summed E-state index contributed by atoms with van der Waals surface area (Å²) in [6.07, 6.45) is 1.30. The molecule has 0 saturated carbocycles. The molecule has 0 saturated heterocycles. The van der Waals surface area contributed by atoms with Crippen LogP contribution in [0.1, 0.15) is 0 Å². The first-order valence-electron chi connectivity index (χ1n) is 5.19. The molecule has 0 unspecified atom stereocenters. The summed E-state index contributed by atoms with van der Waals surface area (Å²) < 4.78 is 31.6. The Morgan fingerprint density at radius 3 is 2.33 bits per heavy atom. The van der Waals surface area contributed by atoms with Gasteiger partial charge in [0.2, 0.25) is 0 Å². The van der Waals surface area contributed by atoms with E-state index in [1.54, 1.807) is 7.05 Å². The molecule has 0 fully saturated rings. The number of nitrogens with one attached hydrogen (secondary N) is 1. The minimum Gasteiger partial charge on any atom is -0.491 e. The van der Waals surface area contributed by atoms with E-state index in [0.717, 1.165) is 6.07 Å². The zero-order chi connectivity index (χ0) is 13.1. The van der Waals surface area contributed by atoms with Crippen molar-refractivity contribution in [3.05, 3.63) is 36.2 Å². The molecule has 1 aromatic heterocycles. The molecule has 0 bridgehead atoms. The van der Waals surface area contributed by atoms with Crippen molar-refractivity contribution in [2.24, 2.45) is 0 Å². The van der Waals surface area contributed by atoms with Gasteiger partial charge in [0.1, 0.15) is 23.7 Å². The summed E-state index contributed by atoms with van der Waals surface area (Å²) >= 11 is 0. The quantitative estimate of drug-likeness (QED) is 0.910. The Hall–Kier alpha value is -2.24. The largest absolute Gasteiger partial charge is 0.491 e. The number of halogens is 2. The normalized spacial score (nSPS) is 10.2. The molecule has 94 valence electrons. The van der Waals surface area contributed by atoms with Crippen molar-refractivity contribution in [3.8, 4) is 17.0 Å². The van der Waals surface area contributed by atoms with Gasteiger partial charge in [0.15, 0.2) is 11.6 Å². The summed E-state index contributed by atoms with van der Waals surface area (Å²) in [7, 11) is 3.11. The fourth-order valence-corrected chi connectivity index (χ4v) is 1.64. The number of aromatic nitrogens is 2. The van der Waals surface area contributed by atoms with E-state index in [-0.39, 0.29) is 0 Å². The predicted molar refractivity (Wildman–Crippen MR) is 63.5 cm³/mol. The Morgan fingerprint density at radius 1 is 1.11 bits per heavy atom. The lowest BCUT2D eigenvalue weighted by atomic mass is 10.1. The third kappa shape index (κ3) is 2.22. The van der Waals surface area contributed by atoms with Crippen LogP contribution < -0.4 is 10.1 Å². The molecule has 18 heavy (non-hydrogen) atoms. The molecular weight excluding hydrogens is 240 g/mol. The third-order valence-electron chi connectivity index (χ3n) is 2.38. The monoisotopic (exact) mass is 251 g/mol. The SMILES string of the molecule is CNc1ncnc(-c2cc(F)cc(F)c2)c1OC. The summed E-state index contributed by atoms with van der Waals surface area (Å²) in [4.78, 5) is 7.97. The van der Waals surface area contributed by atoms with Crippen molar-refractivity contribution in [2.75, 3.05) is 19.5 Å². The molecule has 2 rings (SSSR count). The molecule has 0 spiro atoms. The molecule has 6 heteroatoms. The van der Waals surface area contributed by atoms with Crippen LogP contribution in [0.25, 0.3) is 11.3 Å². The Morgan fingerprint density at radius 2 is 1.78 bits per heavy atom. The topological polar surface area (TPSA) is 47.0 Å². The highest BCUT2D eigenvalue weighted by molar-refractivity contribution is 5.72. The minimum absolute atomic E-state index is 0.295. The molecule has 1 N–H and O–H groups in total. The van der Waals surface area contributed by atoms with Crippen LogP contribution in [0.4, 0.5) is 14.6 Å². The van der Waals surface area contributed by atoms with Gasteiger partial charge in [-0.05, 0) is 12.1 Å². The second-order valence-corrected chi connectivity index (χ2v) is 3.51. The number of hydrogen-bond donors (Lipinski definition) is 1. The molecule has 2 aromatic rings. The van der Waals surface area contributed by atoms with Crippen molar-refractivity contribution in [2.45, 2.75) is 0 Å². The van der Waals surface area contributed by atoms with E-state index in [1.165, 1.54) is 25.6 Å². The van der Waals surface area contributed by atoms with Gasteiger partial charge in [0.25, 0.3) is 0 Å². The summed E-state index contributed by atoms with van der Waals surface area (Å²) in [5.41, 5.74) is 0.624. The second kappa shape index (κ2) is 4.95. The van der Waals surface area contributed by atoms with E-state index in [1.807, 2.05) is 0 Å². The Kier molecular flexibility index (Phi) is 3.36. The van der Waals surface area contributed by atoms with Crippen LogP contribution in [0.5, 0.6) is 5.75 Å². The van der Waals surface area contributed by atoms with Crippen LogP contribution in [0.2, 0.25) is 0 Å². The average Bonchev–Trinajstić information content (AvgIpc) is 2.36. The second-order valence-electron chi connectivity index (χ2n) is 3.51. The van der Waals surface area contributed by atoms with Crippen LogP contribution in [0.15, 0.2) is 24.5 Å². The summed E-state index contributed by atoms with van der Waals surface area (Å²) in [6.45, 7) is 0. The van der Waals surface area contributed by atoms with Crippen molar-refractivity contribution in [3.63, 3.8) is 0 Å². The van der Waals surface area contributed by atoms with E-state index in [2.05, 4.69) is 15.3 Å². The van der Waals surface area contributed by atoms with Gasteiger partial charge in [-0.3, -0.25) is 0 Å². The highest BCUT2D eigenvalue weighted by atomic mass is 19.1. The Balaban J connectivity index is 2.63. The Bertz CT molecular complexity index is 555. The molecule has 0 atom stereocenters. The van der Waals surface area contributed by atoms with E-state index in [9.17, 15) is 8.78 Å². The van der Waals surface area contributed by atoms with Gasteiger partial charge in [0.05, 0.1) is 7.11 Å². The van der Waals surface area contributed by atoms with Crippen LogP contribution in [0.3, 0.4) is 0 Å². The van der Waals surface area contributed by atoms with Crippen LogP contribution in [-0.2, 0) is 0 Å². The van der Waals surface area contributed by atoms with E-state index in [0.29, 0.717) is 22.8 Å². The van der Waals surface area contributed by atoms with Gasteiger partial charge >= 0.3 is 0 Å². The summed E-state index contributed by atoms with van der Waals surface area (Å²) in [5.74, 6) is -0.550. The number of hydrogen-bond acceptors (Lipinski definition) is 4. The highest BCUT2D eigenvalue weighted by Crippen LogP contribution is 2.33. The molecule has 0 aliphatic carbocycles. The van der Waals surface area contributed by atoms with E-state index >= 15 is 0 Å². The number of anilines is 1. The predicted octanol–water partition coefficient (Wildman–Crippen LogP) is 2.47. The zero-order valence-corrected chi connectivity index (χ0v) is 9.87. The molecule has 1 aromatic carbocycles. The van der Waals surface area contributed by atoms with Crippen molar-refractivity contribution >= 4 is 5.82 Å². The first-order chi connectivity index (χ1) is 8.65. The number of methoxy groups -OCH3 is 1. The van der Waals surface area contributed by atoms with Crippen LogP contribution >= 0.6 is 0 Å². The lowest BCUT2D eigenvalue weighted by Crippen LogP contribution is -2.01. The third-order valence-corrected chi connectivity index (χ3v) is 2.38. The van der Waals surface area contributed by atoms with Gasteiger partial charge in [0, 0.05) is 18.7 Å². The first-order valence-corrected chi connectivity index (χ1v) is 5.19. The lowest BCUT2D eigenvalue weighted by molar-refractivity contribution is 0.415. The molecular formula is C12H11F2N3O. The van der Waals surface area contributed by atoms with Gasteiger partial charge in [-0.15, -0.1) is 0 Å². The highest BCUT2D eigenvalue weighted by Gasteiger charge is 2.14. The van der Waals surface area contributed by atoms with Crippen molar-refractivity contribution < 1.29 is 13.5 Å². The van der Waals surface area contributed by atoms with Crippen molar-refractivity contribution in [1.29, 1.82) is 0 Å². The molecule has 0 aliphatic heterocycles. The zero-order valence-electron chi connectivity index (χ0n) is 9.87. The molecule has 0 radical (unpaired) electrons. The number of benzene rings is 1. The van der Waals surface area contributed by atoms with Gasteiger partial charge < -0.3 is 10.1 Å². The number of nitrogens with zero attached hydrogens (tertiary/aromatic N) is 2. The fourth-order valence-electron chi connectivity index (χ4n) is 1.64. The van der Waals surface area contributed by atoms with Gasteiger partial charge in [-0.1, -0.05) is 0 Å². The summed E-state index contributed by atoms with van der Waals surface area (Å²) in [6, 6.07) is 3.18. The average molecular weight is 251 g/mol. The maximum absolute atomic E-state index is 13.2. The molecule has 0 aliphatic rings. The smallest absolute Gasteiger partial charge is 0.187 e. The number of ether oxygens (including phenoxy) is 1. The first kappa shape index (κ1) is 12.2. The maximum Gasteiger partial charge on any atom is 0.187 e. The van der Waals surface area contributed by atoms with Crippen LogP contribution in [0, 0.1) is 11.6 Å². The van der Waals surface area contributed by atoms with Crippen molar-refractivity contribution in [1.82, 2.24) is 9.97 Å². The number of rotatable bonds is 3. The van der Waals surface area contributed by atoms with E-state index in [4.69, 9.17) is 4.74 Å². The van der Waals surface area contributed by atoms with E-state index < -0.39 is 11.6 Å². The molecule has 4 nitrogen and oxygen atoms in total. The van der Waals surface area contributed by atoms with Gasteiger partial charge in [-0.25, -0.2) is 18.7 Å². The molecule has 0 amide bonds.